The van der Waals surface area contributed by atoms with Crippen molar-refractivity contribution < 1.29 is 4.39 Å². The van der Waals surface area contributed by atoms with Crippen molar-refractivity contribution >= 4 is 5.52 Å². The molecular formula is C21H22FN3. The van der Waals surface area contributed by atoms with Crippen LogP contribution in [0.5, 0.6) is 0 Å². The van der Waals surface area contributed by atoms with Crippen LogP contribution in [0.3, 0.4) is 0 Å². The number of hydrogen-bond donors (Lipinski definition) is 0. The van der Waals surface area contributed by atoms with E-state index >= 15 is 0 Å². The topological polar surface area (TPSA) is 20.5 Å². The quantitative estimate of drug-likeness (QED) is 0.705. The lowest BCUT2D eigenvalue weighted by Gasteiger charge is -2.09. The van der Waals surface area contributed by atoms with Gasteiger partial charge >= 0.3 is 0 Å². The fourth-order valence-electron chi connectivity index (χ4n) is 4.21. The van der Waals surface area contributed by atoms with Crippen molar-refractivity contribution in [2.75, 3.05) is 20.1 Å². The second kappa shape index (κ2) is 5.67. The van der Waals surface area contributed by atoms with E-state index in [0.717, 1.165) is 36.3 Å². The lowest BCUT2D eigenvalue weighted by atomic mass is 9.98. The first-order valence-electron chi connectivity index (χ1n) is 9.14. The molecule has 3 heterocycles. The Bertz CT molecular complexity index is 941. The summed E-state index contributed by atoms with van der Waals surface area (Å²) in [7, 11) is 2.16. The SMILES string of the molecule is CN1CCC(c2cc(-c3ccc(C4CC4)cc3F)n3cnccc23)C1. The summed E-state index contributed by atoms with van der Waals surface area (Å²) in [4.78, 5) is 6.63. The molecule has 1 unspecified atom stereocenters. The average Bonchev–Trinajstić information content (AvgIpc) is 3.28. The van der Waals surface area contributed by atoms with Gasteiger partial charge in [0.1, 0.15) is 5.82 Å². The Balaban J connectivity index is 1.64. The van der Waals surface area contributed by atoms with E-state index in [1.54, 1.807) is 12.4 Å². The molecule has 0 N–H and O–H groups in total. The molecule has 2 aromatic heterocycles. The van der Waals surface area contributed by atoms with Crippen molar-refractivity contribution in [2.45, 2.75) is 31.1 Å². The van der Waals surface area contributed by atoms with E-state index in [1.165, 1.54) is 18.4 Å². The molecule has 3 nitrogen and oxygen atoms in total. The highest BCUT2D eigenvalue weighted by molar-refractivity contribution is 5.72. The summed E-state index contributed by atoms with van der Waals surface area (Å²) in [6.07, 6.45) is 7.17. The molecule has 2 aliphatic rings. The van der Waals surface area contributed by atoms with Crippen molar-refractivity contribution in [2.24, 2.45) is 0 Å². The number of halogens is 1. The predicted molar refractivity (Wildman–Crippen MR) is 97.4 cm³/mol. The van der Waals surface area contributed by atoms with Gasteiger partial charge in [0, 0.05) is 18.3 Å². The minimum absolute atomic E-state index is 0.122. The van der Waals surface area contributed by atoms with Gasteiger partial charge in [-0.15, -0.1) is 0 Å². The fraction of sp³-hybridized carbons (Fsp3) is 0.381. The first-order valence-corrected chi connectivity index (χ1v) is 9.14. The Morgan fingerprint density at radius 2 is 1.96 bits per heavy atom. The van der Waals surface area contributed by atoms with Gasteiger partial charge in [0.05, 0.1) is 17.5 Å². The molecule has 1 aliphatic heterocycles. The Hall–Kier alpha value is -2.20. The van der Waals surface area contributed by atoms with Crippen LogP contribution in [0.2, 0.25) is 0 Å². The van der Waals surface area contributed by atoms with E-state index < -0.39 is 0 Å². The number of hydrogen-bond acceptors (Lipinski definition) is 2. The summed E-state index contributed by atoms with van der Waals surface area (Å²) >= 11 is 0. The first kappa shape index (κ1) is 15.1. The van der Waals surface area contributed by atoms with E-state index in [0.29, 0.717) is 17.4 Å². The number of likely N-dealkylation sites (tertiary alicyclic amines) is 1. The molecule has 0 amide bonds. The summed E-state index contributed by atoms with van der Waals surface area (Å²) in [5.41, 5.74) is 5.18. The third-order valence-electron chi connectivity index (χ3n) is 5.76. The normalized spacial score (nSPS) is 21.3. The van der Waals surface area contributed by atoms with Crippen LogP contribution in [0.15, 0.2) is 42.9 Å². The number of nitrogens with zero attached hydrogens (tertiary/aromatic N) is 3. The maximum Gasteiger partial charge on any atom is 0.132 e. The molecule has 3 aromatic rings. The lowest BCUT2D eigenvalue weighted by Crippen LogP contribution is -2.13. The second-order valence-electron chi connectivity index (χ2n) is 7.58. The third-order valence-corrected chi connectivity index (χ3v) is 5.76. The predicted octanol–water partition coefficient (Wildman–Crippen LogP) is 4.44. The van der Waals surface area contributed by atoms with Crippen LogP contribution in [0.1, 0.15) is 42.2 Å². The van der Waals surface area contributed by atoms with E-state index in [1.807, 2.05) is 22.7 Å². The molecular weight excluding hydrogens is 313 g/mol. The number of likely N-dealkylation sites (N-methyl/N-ethyl adjacent to an activating group) is 1. The highest BCUT2D eigenvalue weighted by Crippen LogP contribution is 2.42. The van der Waals surface area contributed by atoms with E-state index in [-0.39, 0.29) is 5.82 Å². The van der Waals surface area contributed by atoms with Gasteiger partial charge < -0.3 is 4.90 Å². The van der Waals surface area contributed by atoms with E-state index in [2.05, 4.69) is 29.1 Å². The van der Waals surface area contributed by atoms with Crippen LogP contribution in [0.4, 0.5) is 4.39 Å². The molecule has 1 saturated heterocycles. The number of rotatable bonds is 3. The molecule has 0 radical (unpaired) electrons. The highest BCUT2D eigenvalue weighted by atomic mass is 19.1. The van der Waals surface area contributed by atoms with E-state index in [9.17, 15) is 4.39 Å². The molecule has 0 bridgehead atoms. The minimum atomic E-state index is -0.122. The van der Waals surface area contributed by atoms with Crippen molar-refractivity contribution in [3.63, 3.8) is 0 Å². The molecule has 5 rings (SSSR count). The number of fused-ring (bicyclic) bond motifs is 1. The van der Waals surface area contributed by atoms with Gasteiger partial charge in [-0.05, 0) is 80.1 Å². The Labute approximate surface area is 147 Å². The van der Waals surface area contributed by atoms with Gasteiger partial charge in [0.2, 0.25) is 0 Å². The summed E-state index contributed by atoms with van der Waals surface area (Å²) in [6, 6.07) is 9.99. The molecule has 0 spiro atoms. The average molecular weight is 335 g/mol. The fourth-order valence-corrected chi connectivity index (χ4v) is 4.21. The van der Waals surface area contributed by atoms with Crippen LogP contribution >= 0.6 is 0 Å². The van der Waals surface area contributed by atoms with E-state index in [4.69, 9.17) is 0 Å². The van der Waals surface area contributed by atoms with Crippen molar-refractivity contribution in [3.05, 3.63) is 59.8 Å². The third kappa shape index (κ3) is 2.56. The van der Waals surface area contributed by atoms with Gasteiger partial charge in [0.15, 0.2) is 0 Å². The monoisotopic (exact) mass is 335 g/mol. The van der Waals surface area contributed by atoms with Crippen LogP contribution < -0.4 is 0 Å². The Morgan fingerprint density at radius 1 is 1.08 bits per heavy atom. The maximum atomic E-state index is 14.9. The Kier molecular flexibility index (Phi) is 3.42. The zero-order valence-corrected chi connectivity index (χ0v) is 14.5. The molecule has 4 heteroatoms. The van der Waals surface area contributed by atoms with Crippen molar-refractivity contribution in [1.82, 2.24) is 14.3 Å². The standard InChI is InChI=1S/C21H22FN3/c1-24-9-7-16(12-24)18-11-21(25-13-23-8-6-20(18)25)17-5-4-15(10-19(17)22)14-2-3-14/h4-6,8,10-11,13-14,16H,2-3,7,9,12H2,1H3. The molecule has 128 valence electrons. The van der Waals surface area contributed by atoms with Gasteiger partial charge in [-0.3, -0.25) is 4.40 Å². The van der Waals surface area contributed by atoms with Crippen LogP contribution in [-0.4, -0.2) is 34.4 Å². The van der Waals surface area contributed by atoms with Crippen LogP contribution in [0.25, 0.3) is 16.8 Å². The summed E-state index contributed by atoms with van der Waals surface area (Å²) < 4.78 is 16.9. The van der Waals surface area contributed by atoms with Gasteiger partial charge in [0.25, 0.3) is 0 Å². The molecule has 1 atom stereocenters. The second-order valence-corrected chi connectivity index (χ2v) is 7.58. The molecule has 1 aromatic carbocycles. The van der Waals surface area contributed by atoms with Crippen molar-refractivity contribution in [1.29, 1.82) is 0 Å². The highest BCUT2D eigenvalue weighted by Gasteiger charge is 2.27. The zero-order valence-electron chi connectivity index (χ0n) is 14.5. The first-order chi connectivity index (χ1) is 12.2. The van der Waals surface area contributed by atoms with Crippen LogP contribution in [-0.2, 0) is 0 Å². The molecule has 2 fully saturated rings. The lowest BCUT2D eigenvalue weighted by molar-refractivity contribution is 0.412. The minimum Gasteiger partial charge on any atom is -0.306 e. The van der Waals surface area contributed by atoms with Gasteiger partial charge in [-0.2, -0.15) is 0 Å². The zero-order chi connectivity index (χ0) is 17.0. The molecule has 1 saturated carbocycles. The van der Waals surface area contributed by atoms with Crippen molar-refractivity contribution in [3.8, 4) is 11.3 Å². The summed E-state index contributed by atoms with van der Waals surface area (Å²) in [5, 5.41) is 0. The smallest absolute Gasteiger partial charge is 0.132 e. The Morgan fingerprint density at radius 3 is 2.68 bits per heavy atom. The largest absolute Gasteiger partial charge is 0.306 e. The van der Waals surface area contributed by atoms with Crippen LogP contribution in [0, 0.1) is 5.82 Å². The molecule has 25 heavy (non-hydrogen) atoms. The number of benzene rings is 1. The maximum absolute atomic E-state index is 14.9. The number of aromatic nitrogens is 2. The van der Waals surface area contributed by atoms with Gasteiger partial charge in [-0.1, -0.05) is 6.07 Å². The summed E-state index contributed by atoms with van der Waals surface area (Å²) in [6.45, 7) is 2.18. The van der Waals surface area contributed by atoms with Gasteiger partial charge in [-0.25, -0.2) is 9.37 Å². The summed E-state index contributed by atoms with van der Waals surface area (Å²) in [5.74, 6) is 0.951. The molecule has 1 aliphatic carbocycles.